The van der Waals surface area contributed by atoms with Crippen LogP contribution >= 0.6 is 47.5 Å². The van der Waals surface area contributed by atoms with Crippen molar-refractivity contribution in [1.29, 1.82) is 0 Å². The Bertz CT molecular complexity index is 772. The van der Waals surface area contributed by atoms with E-state index in [-0.39, 0.29) is 36.8 Å². The van der Waals surface area contributed by atoms with E-state index in [4.69, 9.17) is 5.73 Å². The summed E-state index contributed by atoms with van der Waals surface area (Å²) in [7, 11) is 0. The highest BCUT2D eigenvalue weighted by atomic mass is 35.5. The van der Waals surface area contributed by atoms with E-state index < -0.39 is 0 Å². The van der Waals surface area contributed by atoms with Gasteiger partial charge >= 0.3 is 0 Å². The summed E-state index contributed by atoms with van der Waals surface area (Å²) in [6.45, 7) is 2.33. The second kappa shape index (κ2) is 9.29. The number of hydrogen-bond acceptors (Lipinski definition) is 6. The molecule has 0 saturated carbocycles. The number of thiazole rings is 2. The fraction of sp³-hybridized carbons (Fsp3) is 0.267. The first-order chi connectivity index (χ1) is 10.7. The molecule has 5 nitrogen and oxygen atoms in total. The Morgan fingerprint density at radius 3 is 2.67 bits per heavy atom. The van der Waals surface area contributed by atoms with Crippen molar-refractivity contribution in [3.8, 4) is 0 Å². The number of nitrogens with two attached hydrogens (primary N) is 1. The summed E-state index contributed by atoms with van der Waals surface area (Å²) in [6, 6.07) is 8.04. The van der Waals surface area contributed by atoms with Gasteiger partial charge in [-0.05, 0) is 19.1 Å². The lowest BCUT2D eigenvalue weighted by atomic mass is 10.2. The maximum Gasteiger partial charge on any atom is 0.270 e. The van der Waals surface area contributed by atoms with Gasteiger partial charge in [-0.3, -0.25) is 4.79 Å². The smallest absolute Gasteiger partial charge is 0.270 e. The molecule has 1 amide bonds. The van der Waals surface area contributed by atoms with Gasteiger partial charge in [0.25, 0.3) is 5.91 Å². The number of halogens is 2. The molecule has 2 heterocycles. The topological polar surface area (TPSA) is 80.9 Å². The Balaban J connectivity index is 0.00000144. The van der Waals surface area contributed by atoms with Gasteiger partial charge in [-0.2, -0.15) is 0 Å². The van der Waals surface area contributed by atoms with Crippen molar-refractivity contribution in [3.05, 3.63) is 45.4 Å². The lowest BCUT2D eigenvalue weighted by molar-refractivity contribution is 0.0935. The summed E-state index contributed by atoms with van der Waals surface area (Å²) in [6.07, 6.45) is 0.707. The quantitative estimate of drug-likeness (QED) is 0.682. The Hall–Kier alpha value is -1.25. The van der Waals surface area contributed by atoms with E-state index in [1.165, 1.54) is 16.0 Å². The van der Waals surface area contributed by atoms with Crippen LogP contribution in [-0.2, 0) is 13.0 Å². The van der Waals surface area contributed by atoms with Gasteiger partial charge in [0.1, 0.15) is 10.7 Å². The first-order valence-corrected chi connectivity index (χ1v) is 8.65. The predicted octanol–water partition coefficient (Wildman–Crippen LogP) is 3.42. The number of carbonyl (C=O) groups is 1. The van der Waals surface area contributed by atoms with Gasteiger partial charge in [0.15, 0.2) is 0 Å². The molecule has 3 rings (SSSR count). The molecule has 1 atom stereocenters. The molecule has 0 aliphatic rings. The minimum Gasteiger partial charge on any atom is -0.348 e. The van der Waals surface area contributed by atoms with Gasteiger partial charge in [0, 0.05) is 24.4 Å². The molecule has 0 fully saturated rings. The van der Waals surface area contributed by atoms with Gasteiger partial charge in [-0.25, -0.2) is 9.97 Å². The van der Waals surface area contributed by atoms with Crippen LogP contribution in [0.25, 0.3) is 10.2 Å². The van der Waals surface area contributed by atoms with Crippen LogP contribution in [0.15, 0.2) is 29.6 Å². The van der Waals surface area contributed by atoms with Gasteiger partial charge < -0.3 is 11.1 Å². The summed E-state index contributed by atoms with van der Waals surface area (Å²) >= 11 is 3.07. The van der Waals surface area contributed by atoms with E-state index in [2.05, 4.69) is 21.4 Å². The number of amides is 1. The zero-order valence-electron chi connectivity index (χ0n) is 12.9. The van der Waals surface area contributed by atoms with Crippen molar-refractivity contribution in [2.24, 2.45) is 5.73 Å². The minimum absolute atomic E-state index is 0. The molecule has 3 aromatic rings. The number of hydrogen-bond donors (Lipinski definition) is 2. The van der Waals surface area contributed by atoms with E-state index >= 15 is 0 Å². The lowest BCUT2D eigenvalue weighted by Crippen LogP contribution is -2.34. The molecule has 24 heavy (non-hydrogen) atoms. The summed E-state index contributed by atoms with van der Waals surface area (Å²) in [5.41, 5.74) is 6.95. The van der Waals surface area contributed by atoms with Crippen molar-refractivity contribution >= 4 is 63.6 Å². The second-order valence-electron chi connectivity index (χ2n) is 4.98. The summed E-state index contributed by atoms with van der Waals surface area (Å²) in [5, 5.41) is 6.49. The fourth-order valence-corrected chi connectivity index (χ4v) is 3.88. The highest BCUT2D eigenvalue weighted by Gasteiger charge is 2.15. The first kappa shape index (κ1) is 20.8. The van der Waals surface area contributed by atoms with Crippen molar-refractivity contribution < 1.29 is 4.79 Å². The molecule has 0 aliphatic carbocycles. The SMILES string of the molecule is CC(Cc1nc2ccccc2s1)NC(=O)c1csc(CN)n1.Cl.Cl. The second-order valence-corrected chi connectivity index (χ2v) is 7.04. The summed E-state index contributed by atoms with van der Waals surface area (Å²) < 4.78 is 1.17. The van der Waals surface area contributed by atoms with Crippen LogP contribution in [0.3, 0.4) is 0 Å². The molecule has 0 bridgehead atoms. The van der Waals surface area contributed by atoms with Gasteiger partial charge in [0.05, 0.1) is 15.2 Å². The summed E-state index contributed by atoms with van der Waals surface area (Å²) in [4.78, 5) is 20.9. The van der Waals surface area contributed by atoms with E-state index in [1.54, 1.807) is 16.7 Å². The predicted molar refractivity (Wildman–Crippen MR) is 105 cm³/mol. The van der Waals surface area contributed by atoms with Crippen LogP contribution in [0.5, 0.6) is 0 Å². The Kier molecular flexibility index (Phi) is 8.05. The normalized spacial score (nSPS) is 11.4. The van der Waals surface area contributed by atoms with E-state index in [1.807, 2.05) is 25.1 Å². The molecule has 3 N–H and O–H groups in total. The van der Waals surface area contributed by atoms with Crippen LogP contribution in [-0.4, -0.2) is 21.9 Å². The van der Waals surface area contributed by atoms with Gasteiger partial charge in [0.2, 0.25) is 0 Å². The number of rotatable bonds is 5. The molecule has 0 saturated heterocycles. The van der Waals surface area contributed by atoms with E-state index in [9.17, 15) is 4.79 Å². The molecule has 9 heteroatoms. The highest BCUT2D eigenvalue weighted by molar-refractivity contribution is 7.18. The van der Waals surface area contributed by atoms with Crippen molar-refractivity contribution in [2.45, 2.75) is 25.9 Å². The number of para-hydroxylation sites is 1. The molecule has 1 aromatic carbocycles. The average molecular weight is 405 g/mol. The fourth-order valence-electron chi connectivity index (χ4n) is 2.13. The molecular formula is C15H18Cl2N4OS2. The molecule has 1 unspecified atom stereocenters. The number of nitrogens with one attached hydrogen (secondary N) is 1. The monoisotopic (exact) mass is 404 g/mol. The maximum atomic E-state index is 12.1. The number of benzene rings is 1. The average Bonchev–Trinajstić information content (AvgIpc) is 3.12. The van der Waals surface area contributed by atoms with Crippen LogP contribution in [0.4, 0.5) is 0 Å². The lowest BCUT2D eigenvalue weighted by Gasteiger charge is -2.11. The number of carbonyl (C=O) groups excluding carboxylic acids is 1. The number of nitrogens with zero attached hydrogens (tertiary/aromatic N) is 2. The van der Waals surface area contributed by atoms with Crippen molar-refractivity contribution in [3.63, 3.8) is 0 Å². The van der Waals surface area contributed by atoms with Crippen molar-refractivity contribution in [2.75, 3.05) is 0 Å². The molecular weight excluding hydrogens is 387 g/mol. The number of aromatic nitrogens is 2. The molecule has 130 valence electrons. The molecule has 0 aliphatic heterocycles. The first-order valence-electron chi connectivity index (χ1n) is 6.95. The Labute approximate surface area is 160 Å². The van der Waals surface area contributed by atoms with Crippen molar-refractivity contribution in [1.82, 2.24) is 15.3 Å². The third kappa shape index (κ3) is 4.87. The molecule has 0 spiro atoms. The third-order valence-electron chi connectivity index (χ3n) is 3.16. The highest BCUT2D eigenvalue weighted by Crippen LogP contribution is 2.22. The molecule has 0 radical (unpaired) electrons. The van der Waals surface area contributed by atoms with Crippen LogP contribution in [0.2, 0.25) is 0 Å². The van der Waals surface area contributed by atoms with Crippen LogP contribution < -0.4 is 11.1 Å². The Morgan fingerprint density at radius 1 is 1.25 bits per heavy atom. The minimum atomic E-state index is -0.162. The zero-order chi connectivity index (χ0) is 15.5. The van der Waals surface area contributed by atoms with E-state index in [0.717, 1.165) is 15.5 Å². The zero-order valence-corrected chi connectivity index (χ0v) is 16.2. The maximum absolute atomic E-state index is 12.1. The summed E-state index contributed by atoms with van der Waals surface area (Å²) in [5.74, 6) is -0.162. The van der Waals surface area contributed by atoms with Gasteiger partial charge in [-0.1, -0.05) is 12.1 Å². The van der Waals surface area contributed by atoms with E-state index in [0.29, 0.717) is 18.7 Å². The number of fused-ring (bicyclic) bond motifs is 1. The van der Waals surface area contributed by atoms with Crippen LogP contribution in [0, 0.1) is 0 Å². The van der Waals surface area contributed by atoms with Gasteiger partial charge in [-0.15, -0.1) is 47.5 Å². The van der Waals surface area contributed by atoms with Crippen LogP contribution in [0.1, 0.15) is 27.4 Å². The third-order valence-corrected chi connectivity index (χ3v) is 5.09. The Morgan fingerprint density at radius 2 is 2.00 bits per heavy atom. The largest absolute Gasteiger partial charge is 0.348 e. The standard InChI is InChI=1S/C15H16N4OS2.2ClH/c1-9(17-15(20)11-8-21-14(7-16)19-11)6-13-18-10-4-2-3-5-12(10)22-13;;/h2-5,8-9H,6-7,16H2,1H3,(H,17,20);2*1H. The molecule has 2 aromatic heterocycles.